The average Bonchev–Trinajstić information content (AvgIpc) is 2.28. The third-order valence-electron chi connectivity index (χ3n) is 2.11. The molecule has 0 aliphatic heterocycles. The first-order valence-electron chi connectivity index (χ1n) is 4.67. The normalized spacial score (nSPS) is 14.4. The highest BCUT2D eigenvalue weighted by atomic mass is 79.9. The first kappa shape index (κ1) is 13.1. The number of aliphatic hydroxyl groups excluding tert-OH is 2. The zero-order valence-electron chi connectivity index (χ0n) is 8.38. The zero-order chi connectivity index (χ0) is 12.1. The van der Waals surface area contributed by atoms with Crippen LogP contribution in [0, 0.1) is 0 Å². The Morgan fingerprint density at radius 1 is 1.50 bits per heavy atom. The maximum Gasteiger partial charge on any atom is 0.354 e. The third kappa shape index (κ3) is 3.26. The number of aromatic nitrogens is 1. The van der Waals surface area contributed by atoms with Gasteiger partial charge in [0.2, 0.25) is 0 Å². The Morgan fingerprint density at radius 3 is 2.75 bits per heavy atom. The van der Waals surface area contributed by atoms with E-state index in [0.29, 0.717) is 17.3 Å². The van der Waals surface area contributed by atoms with Gasteiger partial charge in [0.25, 0.3) is 0 Å². The van der Waals surface area contributed by atoms with Crippen LogP contribution in [0.3, 0.4) is 0 Å². The second-order valence-corrected chi connectivity index (χ2v) is 4.06. The second-order valence-electron chi connectivity index (χ2n) is 3.27. The van der Waals surface area contributed by atoms with Crippen molar-refractivity contribution in [3.8, 4) is 0 Å². The Balaban J connectivity index is 2.86. The van der Waals surface area contributed by atoms with Gasteiger partial charge in [0, 0.05) is 11.5 Å². The molecule has 0 aromatic carbocycles. The standard InChI is InChI=1S/C10H12BrNO4/c11-3-1-8(13)9(14)6-2-4-12-7(5-6)10(15)16/h2,4-5,8-9,13-14H,1,3H2,(H,15,16). The summed E-state index contributed by atoms with van der Waals surface area (Å²) < 4.78 is 0. The van der Waals surface area contributed by atoms with E-state index < -0.39 is 18.2 Å². The summed E-state index contributed by atoms with van der Waals surface area (Å²) >= 11 is 3.15. The lowest BCUT2D eigenvalue weighted by Crippen LogP contribution is -2.19. The Labute approximate surface area is 101 Å². The van der Waals surface area contributed by atoms with E-state index >= 15 is 0 Å². The molecular weight excluding hydrogens is 278 g/mol. The van der Waals surface area contributed by atoms with Gasteiger partial charge in [0.05, 0.1) is 6.10 Å². The van der Waals surface area contributed by atoms with E-state index in [0.717, 1.165) is 0 Å². The van der Waals surface area contributed by atoms with Gasteiger partial charge in [0.15, 0.2) is 0 Å². The molecule has 0 saturated carbocycles. The minimum absolute atomic E-state index is 0.150. The number of rotatable bonds is 5. The third-order valence-corrected chi connectivity index (χ3v) is 2.57. The van der Waals surface area contributed by atoms with Crippen LogP contribution in [0.4, 0.5) is 0 Å². The van der Waals surface area contributed by atoms with Gasteiger partial charge in [-0.3, -0.25) is 0 Å². The van der Waals surface area contributed by atoms with Crippen molar-refractivity contribution in [3.05, 3.63) is 29.6 Å². The number of halogens is 1. The van der Waals surface area contributed by atoms with Crippen LogP contribution in [-0.2, 0) is 0 Å². The quantitative estimate of drug-likeness (QED) is 0.703. The molecular formula is C10H12BrNO4. The zero-order valence-corrected chi connectivity index (χ0v) is 9.96. The highest BCUT2D eigenvalue weighted by molar-refractivity contribution is 9.09. The van der Waals surface area contributed by atoms with Gasteiger partial charge in [0.1, 0.15) is 11.8 Å². The number of pyridine rings is 1. The number of aliphatic hydroxyl groups is 2. The Hall–Kier alpha value is -0.980. The number of carboxylic acids is 1. The minimum atomic E-state index is -1.16. The fraction of sp³-hybridized carbons (Fsp3) is 0.400. The Bertz CT molecular complexity index is 372. The van der Waals surface area contributed by atoms with Crippen LogP contribution in [0.5, 0.6) is 0 Å². The molecule has 2 unspecified atom stereocenters. The fourth-order valence-electron chi connectivity index (χ4n) is 1.24. The maximum absolute atomic E-state index is 10.7. The van der Waals surface area contributed by atoms with E-state index in [1.54, 1.807) is 0 Å². The summed E-state index contributed by atoms with van der Waals surface area (Å²) in [4.78, 5) is 14.3. The lowest BCUT2D eigenvalue weighted by atomic mass is 10.0. The molecule has 1 heterocycles. The number of hydrogen-bond acceptors (Lipinski definition) is 4. The number of carboxylic acid groups (broad SMARTS) is 1. The fourth-order valence-corrected chi connectivity index (χ4v) is 1.71. The summed E-state index contributed by atoms with van der Waals surface area (Å²) in [6.07, 6.45) is -0.351. The summed E-state index contributed by atoms with van der Waals surface area (Å²) in [7, 11) is 0. The molecule has 16 heavy (non-hydrogen) atoms. The topological polar surface area (TPSA) is 90.7 Å². The molecule has 0 aliphatic carbocycles. The first-order chi connectivity index (χ1) is 7.56. The second kappa shape index (κ2) is 5.93. The van der Waals surface area contributed by atoms with Gasteiger partial charge in [-0.1, -0.05) is 15.9 Å². The molecule has 1 aromatic rings. The van der Waals surface area contributed by atoms with Crippen LogP contribution in [0.1, 0.15) is 28.6 Å². The van der Waals surface area contributed by atoms with Crippen molar-refractivity contribution in [2.75, 3.05) is 5.33 Å². The van der Waals surface area contributed by atoms with E-state index in [2.05, 4.69) is 20.9 Å². The number of hydrogen-bond donors (Lipinski definition) is 3. The predicted octanol–water partition coefficient (Wildman–Crippen LogP) is 0.959. The van der Waals surface area contributed by atoms with Crippen LogP contribution in [-0.4, -0.2) is 37.7 Å². The molecule has 0 amide bonds. The van der Waals surface area contributed by atoms with Crippen molar-refractivity contribution >= 4 is 21.9 Å². The van der Waals surface area contributed by atoms with Crippen LogP contribution in [0.25, 0.3) is 0 Å². The molecule has 3 N–H and O–H groups in total. The number of carbonyl (C=O) groups is 1. The van der Waals surface area contributed by atoms with Gasteiger partial charge in [-0.2, -0.15) is 0 Å². The van der Waals surface area contributed by atoms with Crippen molar-refractivity contribution in [2.45, 2.75) is 18.6 Å². The van der Waals surface area contributed by atoms with Gasteiger partial charge in [-0.05, 0) is 24.1 Å². The average molecular weight is 290 g/mol. The monoisotopic (exact) mass is 289 g/mol. The molecule has 0 saturated heterocycles. The maximum atomic E-state index is 10.7. The Kier molecular flexibility index (Phi) is 4.85. The smallest absolute Gasteiger partial charge is 0.354 e. The molecule has 0 fully saturated rings. The molecule has 0 radical (unpaired) electrons. The van der Waals surface area contributed by atoms with Gasteiger partial charge in [-0.25, -0.2) is 9.78 Å². The Morgan fingerprint density at radius 2 is 2.19 bits per heavy atom. The van der Waals surface area contributed by atoms with E-state index in [-0.39, 0.29) is 5.69 Å². The van der Waals surface area contributed by atoms with Crippen LogP contribution >= 0.6 is 15.9 Å². The van der Waals surface area contributed by atoms with Gasteiger partial charge < -0.3 is 15.3 Å². The van der Waals surface area contributed by atoms with E-state index in [4.69, 9.17) is 5.11 Å². The molecule has 0 bridgehead atoms. The van der Waals surface area contributed by atoms with Crippen molar-refractivity contribution < 1.29 is 20.1 Å². The molecule has 5 nitrogen and oxygen atoms in total. The predicted molar refractivity (Wildman–Crippen MR) is 60.6 cm³/mol. The summed E-state index contributed by atoms with van der Waals surface area (Å²) in [5.41, 5.74) is 0.198. The van der Waals surface area contributed by atoms with E-state index in [1.165, 1.54) is 18.3 Å². The van der Waals surface area contributed by atoms with Crippen LogP contribution in [0.2, 0.25) is 0 Å². The van der Waals surface area contributed by atoms with E-state index in [9.17, 15) is 15.0 Å². The molecule has 88 valence electrons. The molecule has 0 spiro atoms. The van der Waals surface area contributed by atoms with Gasteiger partial charge in [-0.15, -0.1) is 0 Å². The van der Waals surface area contributed by atoms with E-state index in [1.807, 2.05) is 0 Å². The first-order valence-corrected chi connectivity index (χ1v) is 5.79. The lowest BCUT2D eigenvalue weighted by molar-refractivity contribution is 0.0172. The van der Waals surface area contributed by atoms with Crippen molar-refractivity contribution in [1.82, 2.24) is 4.98 Å². The van der Waals surface area contributed by atoms with Crippen LogP contribution < -0.4 is 0 Å². The summed E-state index contributed by atoms with van der Waals surface area (Å²) in [5, 5.41) is 28.6. The van der Waals surface area contributed by atoms with Crippen molar-refractivity contribution in [1.29, 1.82) is 0 Å². The molecule has 1 aromatic heterocycles. The van der Waals surface area contributed by atoms with Crippen molar-refractivity contribution in [3.63, 3.8) is 0 Å². The lowest BCUT2D eigenvalue weighted by Gasteiger charge is -2.17. The van der Waals surface area contributed by atoms with Crippen molar-refractivity contribution in [2.24, 2.45) is 0 Å². The number of alkyl halides is 1. The summed E-state index contributed by atoms with van der Waals surface area (Å²) in [6.45, 7) is 0. The highest BCUT2D eigenvalue weighted by Crippen LogP contribution is 2.19. The summed E-state index contributed by atoms with van der Waals surface area (Å²) in [5.74, 6) is -1.16. The van der Waals surface area contributed by atoms with Crippen LogP contribution in [0.15, 0.2) is 18.3 Å². The number of aromatic carboxylic acids is 1. The molecule has 6 heteroatoms. The molecule has 2 atom stereocenters. The number of nitrogens with zero attached hydrogens (tertiary/aromatic N) is 1. The molecule has 1 rings (SSSR count). The minimum Gasteiger partial charge on any atom is -0.477 e. The SMILES string of the molecule is O=C(O)c1cc(C(O)C(O)CCBr)ccn1. The largest absolute Gasteiger partial charge is 0.477 e. The summed E-state index contributed by atoms with van der Waals surface area (Å²) in [6, 6.07) is 2.74. The molecule has 0 aliphatic rings. The highest BCUT2D eigenvalue weighted by Gasteiger charge is 2.19. The van der Waals surface area contributed by atoms with Gasteiger partial charge >= 0.3 is 5.97 Å².